The average Bonchev–Trinajstić information content (AvgIpc) is 2.66. The van der Waals surface area contributed by atoms with Gasteiger partial charge in [0, 0.05) is 5.69 Å². The van der Waals surface area contributed by atoms with Crippen LogP contribution in [-0.4, -0.2) is 22.5 Å². The van der Waals surface area contributed by atoms with Gasteiger partial charge in [0.15, 0.2) is 6.61 Å². The zero-order valence-corrected chi connectivity index (χ0v) is 14.4. The third kappa shape index (κ3) is 3.94. The monoisotopic (exact) mass is 335 g/mol. The first kappa shape index (κ1) is 16.9. The molecule has 0 saturated carbocycles. The third-order valence-electron chi connectivity index (χ3n) is 4.22. The molecule has 3 aromatic rings. The number of anilines is 1. The summed E-state index contributed by atoms with van der Waals surface area (Å²) in [7, 11) is 0. The minimum atomic E-state index is -0.210. The van der Waals surface area contributed by atoms with E-state index in [2.05, 4.69) is 29.1 Å². The molecule has 0 bridgehead atoms. The van der Waals surface area contributed by atoms with E-state index in [0.29, 0.717) is 11.8 Å². The molecule has 0 spiro atoms. The van der Waals surface area contributed by atoms with E-state index < -0.39 is 0 Å². The lowest BCUT2D eigenvalue weighted by Gasteiger charge is -2.15. The summed E-state index contributed by atoms with van der Waals surface area (Å²) in [6.45, 7) is 4.18. The van der Waals surface area contributed by atoms with E-state index in [4.69, 9.17) is 4.74 Å². The number of hydrogen-bond acceptors (Lipinski definition) is 4. The molecule has 0 radical (unpaired) electrons. The molecule has 1 heterocycles. The zero-order chi connectivity index (χ0) is 17.6. The van der Waals surface area contributed by atoms with E-state index in [9.17, 15) is 4.79 Å². The summed E-state index contributed by atoms with van der Waals surface area (Å²) in [6, 6.07) is 15.4. The normalized spacial score (nSPS) is 11.9. The van der Waals surface area contributed by atoms with Crippen LogP contribution in [0, 0.1) is 0 Å². The number of amides is 1. The Morgan fingerprint density at radius 2 is 1.88 bits per heavy atom. The molecule has 1 aromatic heterocycles. The Balaban J connectivity index is 1.69. The summed E-state index contributed by atoms with van der Waals surface area (Å²) in [5, 5.41) is 3.73. The van der Waals surface area contributed by atoms with Crippen LogP contribution in [0.3, 0.4) is 0 Å². The summed E-state index contributed by atoms with van der Waals surface area (Å²) in [4.78, 5) is 20.6. The Labute approximate surface area is 147 Å². The van der Waals surface area contributed by atoms with E-state index in [1.165, 1.54) is 6.33 Å². The minimum absolute atomic E-state index is 0.101. The Morgan fingerprint density at radius 1 is 1.12 bits per heavy atom. The van der Waals surface area contributed by atoms with Gasteiger partial charge in [0.1, 0.15) is 6.33 Å². The van der Waals surface area contributed by atoms with Crippen LogP contribution in [-0.2, 0) is 4.79 Å². The molecule has 2 aromatic carbocycles. The molecule has 0 aliphatic rings. The molecular formula is C20H21N3O2. The molecule has 3 rings (SSSR count). The van der Waals surface area contributed by atoms with Crippen molar-refractivity contribution < 1.29 is 9.53 Å². The van der Waals surface area contributed by atoms with Crippen molar-refractivity contribution in [3.05, 3.63) is 60.4 Å². The van der Waals surface area contributed by atoms with Crippen molar-refractivity contribution in [3.63, 3.8) is 0 Å². The largest absolute Gasteiger partial charge is 0.467 e. The summed E-state index contributed by atoms with van der Waals surface area (Å²) < 4.78 is 5.62. The van der Waals surface area contributed by atoms with E-state index in [1.54, 1.807) is 0 Å². The Morgan fingerprint density at radius 3 is 2.72 bits per heavy atom. The fourth-order valence-corrected chi connectivity index (χ4v) is 2.68. The molecule has 0 fully saturated rings. The van der Waals surface area contributed by atoms with E-state index in [0.717, 1.165) is 28.6 Å². The van der Waals surface area contributed by atoms with Crippen molar-refractivity contribution >= 4 is 22.5 Å². The predicted octanol–water partition coefficient (Wildman–Crippen LogP) is 4.16. The van der Waals surface area contributed by atoms with Crippen molar-refractivity contribution in [3.8, 4) is 5.88 Å². The van der Waals surface area contributed by atoms with Crippen LogP contribution in [0.25, 0.3) is 10.9 Å². The minimum Gasteiger partial charge on any atom is -0.467 e. The second-order valence-corrected chi connectivity index (χ2v) is 5.93. The lowest BCUT2D eigenvalue weighted by Crippen LogP contribution is -2.21. The maximum absolute atomic E-state index is 12.3. The maximum Gasteiger partial charge on any atom is 0.262 e. The van der Waals surface area contributed by atoms with Crippen LogP contribution >= 0.6 is 0 Å². The first-order valence-electron chi connectivity index (χ1n) is 8.40. The van der Waals surface area contributed by atoms with Gasteiger partial charge in [0.25, 0.3) is 5.91 Å². The summed E-state index contributed by atoms with van der Waals surface area (Å²) in [6.07, 6.45) is 2.45. The van der Waals surface area contributed by atoms with Gasteiger partial charge in [-0.1, -0.05) is 44.2 Å². The molecule has 0 saturated heterocycles. The SMILES string of the molecule is CC[C@H](C)c1ccccc1NC(=O)COc1ncnc2ccccc12. The lowest BCUT2D eigenvalue weighted by atomic mass is 9.97. The molecule has 1 N–H and O–H groups in total. The predicted molar refractivity (Wildman–Crippen MR) is 98.8 cm³/mol. The van der Waals surface area contributed by atoms with Crippen molar-refractivity contribution in [2.45, 2.75) is 26.2 Å². The Bertz CT molecular complexity index is 874. The van der Waals surface area contributed by atoms with Crippen LogP contribution in [0.4, 0.5) is 5.69 Å². The molecule has 0 aliphatic heterocycles. The van der Waals surface area contributed by atoms with Crippen molar-refractivity contribution in [1.29, 1.82) is 0 Å². The fraction of sp³-hybridized carbons (Fsp3) is 0.250. The quantitative estimate of drug-likeness (QED) is 0.734. The average molecular weight is 335 g/mol. The molecular weight excluding hydrogens is 314 g/mol. The number of benzene rings is 2. The number of nitrogens with zero attached hydrogens (tertiary/aromatic N) is 2. The number of ether oxygens (including phenoxy) is 1. The van der Waals surface area contributed by atoms with Crippen molar-refractivity contribution in [2.75, 3.05) is 11.9 Å². The van der Waals surface area contributed by atoms with Crippen LogP contribution in [0.5, 0.6) is 5.88 Å². The smallest absolute Gasteiger partial charge is 0.262 e. The molecule has 25 heavy (non-hydrogen) atoms. The molecule has 5 nitrogen and oxygen atoms in total. The van der Waals surface area contributed by atoms with Crippen LogP contribution in [0.15, 0.2) is 54.9 Å². The van der Waals surface area contributed by atoms with Gasteiger partial charge in [-0.2, -0.15) is 0 Å². The van der Waals surface area contributed by atoms with Crippen LogP contribution < -0.4 is 10.1 Å². The Hall–Kier alpha value is -2.95. The van der Waals surface area contributed by atoms with E-state index in [1.807, 2.05) is 48.5 Å². The highest BCUT2D eigenvalue weighted by Crippen LogP contribution is 2.26. The summed E-state index contributed by atoms with van der Waals surface area (Å²) in [5.41, 5.74) is 2.75. The number of para-hydroxylation sites is 2. The van der Waals surface area contributed by atoms with Gasteiger partial charge in [0.05, 0.1) is 10.9 Å². The standard InChI is InChI=1S/C20H21N3O2/c1-3-14(2)15-8-4-7-11-18(15)23-19(24)12-25-20-16-9-5-6-10-17(16)21-13-22-20/h4-11,13-14H,3,12H2,1-2H3,(H,23,24)/t14-/m0/s1. The first-order chi connectivity index (χ1) is 12.2. The molecule has 128 valence electrons. The maximum atomic E-state index is 12.3. The van der Waals surface area contributed by atoms with E-state index in [-0.39, 0.29) is 12.5 Å². The number of nitrogens with one attached hydrogen (secondary N) is 1. The van der Waals surface area contributed by atoms with Crippen molar-refractivity contribution in [1.82, 2.24) is 9.97 Å². The fourth-order valence-electron chi connectivity index (χ4n) is 2.68. The highest BCUT2D eigenvalue weighted by molar-refractivity contribution is 5.93. The highest BCUT2D eigenvalue weighted by Gasteiger charge is 2.12. The van der Waals surface area contributed by atoms with Crippen LogP contribution in [0.1, 0.15) is 31.7 Å². The van der Waals surface area contributed by atoms with Gasteiger partial charge in [-0.25, -0.2) is 9.97 Å². The first-order valence-corrected chi connectivity index (χ1v) is 8.40. The summed E-state index contributed by atoms with van der Waals surface area (Å²) in [5.74, 6) is 0.581. The number of carbonyl (C=O) groups is 1. The number of carbonyl (C=O) groups excluding carboxylic acids is 1. The third-order valence-corrected chi connectivity index (χ3v) is 4.22. The van der Waals surface area contributed by atoms with Gasteiger partial charge < -0.3 is 10.1 Å². The van der Waals surface area contributed by atoms with Gasteiger partial charge in [-0.3, -0.25) is 4.79 Å². The van der Waals surface area contributed by atoms with Crippen LogP contribution in [0.2, 0.25) is 0 Å². The Kier molecular flexibility index (Phi) is 5.23. The second-order valence-electron chi connectivity index (χ2n) is 5.93. The number of hydrogen-bond donors (Lipinski definition) is 1. The number of fused-ring (bicyclic) bond motifs is 1. The van der Waals surface area contributed by atoms with Gasteiger partial charge in [-0.15, -0.1) is 0 Å². The van der Waals surface area contributed by atoms with E-state index >= 15 is 0 Å². The van der Waals surface area contributed by atoms with Gasteiger partial charge in [0.2, 0.25) is 5.88 Å². The zero-order valence-electron chi connectivity index (χ0n) is 14.4. The number of aromatic nitrogens is 2. The molecule has 0 unspecified atom stereocenters. The molecule has 1 atom stereocenters. The van der Waals surface area contributed by atoms with Crippen molar-refractivity contribution in [2.24, 2.45) is 0 Å². The van der Waals surface area contributed by atoms with Gasteiger partial charge >= 0.3 is 0 Å². The second kappa shape index (κ2) is 7.75. The topological polar surface area (TPSA) is 64.1 Å². The molecule has 1 amide bonds. The summed E-state index contributed by atoms with van der Waals surface area (Å²) >= 11 is 0. The highest BCUT2D eigenvalue weighted by atomic mass is 16.5. The lowest BCUT2D eigenvalue weighted by molar-refractivity contribution is -0.118. The van der Waals surface area contributed by atoms with Gasteiger partial charge in [-0.05, 0) is 36.1 Å². The molecule has 0 aliphatic carbocycles. The number of rotatable bonds is 6. The molecule has 5 heteroatoms.